The van der Waals surface area contributed by atoms with E-state index in [1.54, 1.807) is 36.0 Å². The van der Waals surface area contributed by atoms with Crippen molar-refractivity contribution >= 4 is 28.8 Å². The van der Waals surface area contributed by atoms with E-state index < -0.39 is 0 Å². The van der Waals surface area contributed by atoms with Gasteiger partial charge >= 0.3 is 0 Å². The smallest absolute Gasteiger partial charge is 0.274 e. The average molecular weight is 362 g/mol. The summed E-state index contributed by atoms with van der Waals surface area (Å²) in [5.74, 6) is 0.642. The predicted molar refractivity (Wildman–Crippen MR) is 95.2 cm³/mol. The minimum Gasteiger partial charge on any atom is -0.497 e. The number of nitrogens with zero attached hydrogens (tertiary/aromatic N) is 3. The van der Waals surface area contributed by atoms with E-state index in [0.29, 0.717) is 12.2 Å². The summed E-state index contributed by atoms with van der Waals surface area (Å²) in [4.78, 5) is 15.2. The molecule has 0 aliphatic rings. The highest BCUT2D eigenvalue weighted by Crippen LogP contribution is 2.23. The Bertz CT molecular complexity index is 842. The molecule has 2 aromatic heterocycles. The molecule has 0 unspecified atom stereocenters. The molecular weight excluding hydrogens is 346 g/mol. The molecule has 0 saturated heterocycles. The first-order valence-corrected chi connectivity index (χ1v) is 8.46. The van der Waals surface area contributed by atoms with E-state index in [0.717, 1.165) is 20.7 Å². The van der Waals surface area contributed by atoms with Gasteiger partial charge in [0.2, 0.25) is 0 Å². The van der Waals surface area contributed by atoms with E-state index in [1.807, 2.05) is 36.4 Å². The molecule has 7 heteroatoms. The zero-order chi connectivity index (χ0) is 17.1. The molecule has 1 aromatic carbocycles. The normalized spacial score (nSPS) is 10.6. The Hall–Kier alpha value is -2.31. The van der Waals surface area contributed by atoms with E-state index in [2.05, 4.69) is 5.10 Å². The monoisotopic (exact) mass is 361 g/mol. The molecule has 5 nitrogen and oxygen atoms in total. The van der Waals surface area contributed by atoms with Gasteiger partial charge in [0.15, 0.2) is 5.69 Å². The molecule has 0 atom stereocenters. The molecule has 0 N–H and O–H groups in total. The third kappa shape index (κ3) is 3.60. The van der Waals surface area contributed by atoms with Gasteiger partial charge in [-0.1, -0.05) is 11.6 Å². The molecule has 0 radical (unpaired) electrons. The molecular formula is C17H16ClN3O2S. The Morgan fingerprint density at radius 1 is 1.25 bits per heavy atom. The highest BCUT2D eigenvalue weighted by Gasteiger charge is 2.16. The summed E-state index contributed by atoms with van der Waals surface area (Å²) in [7, 11) is 3.37. The van der Waals surface area contributed by atoms with Crippen LogP contribution in [0.5, 0.6) is 5.75 Å². The summed E-state index contributed by atoms with van der Waals surface area (Å²) in [6.45, 7) is 0.506. The molecule has 3 rings (SSSR count). The first-order valence-electron chi connectivity index (χ1n) is 7.26. The van der Waals surface area contributed by atoms with Gasteiger partial charge in [-0.15, -0.1) is 11.3 Å². The number of halogens is 1. The van der Waals surface area contributed by atoms with Gasteiger partial charge in [0.25, 0.3) is 5.91 Å². The Kier molecular flexibility index (Phi) is 4.87. The molecule has 124 valence electrons. The highest BCUT2D eigenvalue weighted by atomic mass is 35.5. The second-order valence-electron chi connectivity index (χ2n) is 5.21. The number of carbonyl (C=O) groups is 1. The topological polar surface area (TPSA) is 47.4 Å². The Balaban J connectivity index is 1.72. The van der Waals surface area contributed by atoms with Crippen molar-refractivity contribution in [1.29, 1.82) is 0 Å². The van der Waals surface area contributed by atoms with Crippen LogP contribution in [0, 0.1) is 0 Å². The Morgan fingerprint density at radius 2 is 2.00 bits per heavy atom. The number of carbonyl (C=O) groups excluding carboxylic acids is 1. The van der Waals surface area contributed by atoms with Gasteiger partial charge < -0.3 is 9.64 Å². The second-order valence-corrected chi connectivity index (χ2v) is 7.01. The van der Waals surface area contributed by atoms with Crippen LogP contribution in [-0.2, 0) is 6.54 Å². The van der Waals surface area contributed by atoms with Crippen LogP contribution in [0.25, 0.3) is 5.69 Å². The van der Waals surface area contributed by atoms with Gasteiger partial charge in [-0.2, -0.15) is 5.10 Å². The summed E-state index contributed by atoms with van der Waals surface area (Å²) in [6.07, 6.45) is 1.77. The van der Waals surface area contributed by atoms with E-state index >= 15 is 0 Å². The Morgan fingerprint density at radius 3 is 2.62 bits per heavy atom. The van der Waals surface area contributed by atoms with Crippen molar-refractivity contribution < 1.29 is 9.53 Å². The Labute approximate surface area is 149 Å². The minimum absolute atomic E-state index is 0.133. The van der Waals surface area contributed by atoms with Crippen molar-refractivity contribution in [2.75, 3.05) is 14.2 Å². The van der Waals surface area contributed by atoms with Crippen LogP contribution in [0.4, 0.5) is 0 Å². The summed E-state index contributed by atoms with van der Waals surface area (Å²) < 4.78 is 7.53. The standard InChI is InChI=1S/C17H16ClN3O2S/c1-20(11-14-7-8-16(18)24-14)17(22)15-9-10-21(19-15)12-3-5-13(23-2)6-4-12/h3-10H,11H2,1-2H3. The van der Waals surface area contributed by atoms with Crippen LogP contribution in [0.1, 0.15) is 15.4 Å². The number of hydrogen-bond acceptors (Lipinski definition) is 4. The van der Waals surface area contributed by atoms with E-state index in [4.69, 9.17) is 16.3 Å². The lowest BCUT2D eigenvalue weighted by Crippen LogP contribution is -2.26. The SMILES string of the molecule is COc1ccc(-n2ccc(C(=O)N(C)Cc3ccc(Cl)s3)n2)cc1. The van der Waals surface area contributed by atoms with Crippen LogP contribution in [0.2, 0.25) is 4.34 Å². The summed E-state index contributed by atoms with van der Waals surface area (Å²) in [6, 6.07) is 12.9. The van der Waals surface area contributed by atoms with Crippen molar-refractivity contribution in [2.24, 2.45) is 0 Å². The lowest BCUT2D eigenvalue weighted by Gasteiger charge is -2.14. The zero-order valence-electron chi connectivity index (χ0n) is 13.3. The molecule has 0 fully saturated rings. The summed E-state index contributed by atoms with van der Waals surface area (Å²) >= 11 is 7.39. The first-order chi connectivity index (χ1) is 11.6. The van der Waals surface area contributed by atoms with Gasteiger partial charge in [-0.25, -0.2) is 4.68 Å². The van der Waals surface area contributed by atoms with Crippen LogP contribution in [0.15, 0.2) is 48.7 Å². The number of methoxy groups -OCH3 is 1. The first kappa shape index (κ1) is 16.5. The van der Waals surface area contributed by atoms with Gasteiger partial charge in [0, 0.05) is 18.1 Å². The number of ether oxygens (including phenoxy) is 1. The van der Waals surface area contributed by atoms with Crippen molar-refractivity contribution in [1.82, 2.24) is 14.7 Å². The maximum Gasteiger partial charge on any atom is 0.274 e. The lowest BCUT2D eigenvalue weighted by atomic mass is 10.3. The van der Waals surface area contributed by atoms with E-state index in [1.165, 1.54) is 11.3 Å². The largest absolute Gasteiger partial charge is 0.497 e. The fourth-order valence-corrected chi connectivity index (χ4v) is 3.40. The maximum atomic E-state index is 12.5. The molecule has 0 aliphatic heterocycles. The average Bonchev–Trinajstić information content (AvgIpc) is 3.23. The van der Waals surface area contributed by atoms with Crippen LogP contribution in [-0.4, -0.2) is 34.7 Å². The van der Waals surface area contributed by atoms with Crippen LogP contribution < -0.4 is 4.74 Å². The van der Waals surface area contributed by atoms with Gasteiger partial charge in [0.1, 0.15) is 5.75 Å². The van der Waals surface area contributed by atoms with Crippen LogP contribution in [0.3, 0.4) is 0 Å². The summed E-state index contributed by atoms with van der Waals surface area (Å²) in [5.41, 5.74) is 1.26. The number of aromatic nitrogens is 2. The minimum atomic E-state index is -0.133. The molecule has 0 saturated carbocycles. The molecule has 0 spiro atoms. The zero-order valence-corrected chi connectivity index (χ0v) is 14.8. The van der Waals surface area contributed by atoms with Gasteiger partial charge in [-0.3, -0.25) is 4.79 Å². The number of amides is 1. The summed E-state index contributed by atoms with van der Waals surface area (Å²) in [5, 5.41) is 4.37. The highest BCUT2D eigenvalue weighted by molar-refractivity contribution is 7.16. The maximum absolute atomic E-state index is 12.5. The lowest BCUT2D eigenvalue weighted by molar-refractivity contribution is 0.0780. The fourth-order valence-electron chi connectivity index (χ4n) is 2.25. The van der Waals surface area contributed by atoms with Gasteiger partial charge in [-0.05, 0) is 42.5 Å². The number of hydrogen-bond donors (Lipinski definition) is 0. The predicted octanol–water partition coefficient (Wildman–Crippen LogP) is 3.87. The number of thiophene rings is 1. The third-order valence-corrected chi connectivity index (χ3v) is 4.73. The van der Waals surface area contributed by atoms with Crippen LogP contribution >= 0.6 is 22.9 Å². The van der Waals surface area contributed by atoms with Crippen molar-refractivity contribution in [2.45, 2.75) is 6.54 Å². The number of rotatable bonds is 5. The molecule has 2 heterocycles. The second kappa shape index (κ2) is 7.07. The van der Waals surface area contributed by atoms with Gasteiger partial charge in [0.05, 0.1) is 23.7 Å². The van der Waals surface area contributed by atoms with Crippen molar-refractivity contribution in [3.8, 4) is 11.4 Å². The van der Waals surface area contributed by atoms with E-state index in [-0.39, 0.29) is 5.91 Å². The molecule has 0 aliphatic carbocycles. The van der Waals surface area contributed by atoms with Crippen molar-refractivity contribution in [3.63, 3.8) is 0 Å². The third-order valence-electron chi connectivity index (χ3n) is 3.51. The molecule has 3 aromatic rings. The molecule has 1 amide bonds. The quantitative estimate of drug-likeness (QED) is 0.693. The van der Waals surface area contributed by atoms with Crippen molar-refractivity contribution in [3.05, 3.63) is 63.6 Å². The fraction of sp³-hybridized carbons (Fsp3) is 0.176. The molecule has 24 heavy (non-hydrogen) atoms. The number of benzene rings is 1. The molecule has 0 bridgehead atoms. The van der Waals surface area contributed by atoms with E-state index in [9.17, 15) is 4.79 Å².